The van der Waals surface area contributed by atoms with E-state index in [1.165, 1.54) is 12.4 Å². The van der Waals surface area contributed by atoms with Crippen LogP contribution in [0.3, 0.4) is 0 Å². The molecule has 2 aromatic carbocycles. The molecule has 0 saturated carbocycles. The molecule has 29 heavy (non-hydrogen) atoms. The molecule has 3 aromatic rings. The SMILES string of the molecule is CCOc1ccc(Nc2cnc(C(=O)Nc3ccc(OC(C)C)cc3)cn2)cc1. The molecule has 7 heteroatoms. The Hall–Kier alpha value is -3.61. The first-order chi connectivity index (χ1) is 14.0. The van der Waals surface area contributed by atoms with Crippen molar-refractivity contribution in [3.05, 3.63) is 66.6 Å². The van der Waals surface area contributed by atoms with Gasteiger partial charge in [0.1, 0.15) is 23.0 Å². The normalized spacial score (nSPS) is 10.5. The number of hydrogen-bond donors (Lipinski definition) is 2. The molecule has 0 radical (unpaired) electrons. The topological polar surface area (TPSA) is 85.4 Å². The first-order valence-electron chi connectivity index (χ1n) is 9.43. The van der Waals surface area contributed by atoms with E-state index < -0.39 is 0 Å². The molecule has 150 valence electrons. The molecule has 0 aliphatic rings. The molecule has 0 atom stereocenters. The molecule has 0 aliphatic heterocycles. The summed E-state index contributed by atoms with van der Waals surface area (Å²) in [5.74, 6) is 1.77. The predicted molar refractivity (Wildman–Crippen MR) is 113 cm³/mol. The van der Waals surface area contributed by atoms with Crippen molar-refractivity contribution in [1.82, 2.24) is 9.97 Å². The lowest BCUT2D eigenvalue weighted by atomic mass is 10.3. The number of rotatable bonds is 8. The Morgan fingerprint density at radius 1 is 0.931 bits per heavy atom. The van der Waals surface area contributed by atoms with Gasteiger partial charge in [-0.05, 0) is 69.3 Å². The van der Waals surface area contributed by atoms with E-state index in [0.717, 1.165) is 17.2 Å². The summed E-state index contributed by atoms with van der Waals surface area (Å²) in [4.78, 5) is 20.8. The number of nitrogens with one attached hydrogen (secondary N) is 2. The zero-order chi connectivity index (χ0) is 20.6. The number of benzene rings is 2. The summed E-state index contributed by atoms with van der Waals surface area (Å²) in [6, 6.07) is 14.7. The van der Waals surface area contributed by atoms with Crippen molar-refractivity contribution in [2.24, 2.45) is 0 Å². The van der Waals surface area contributed by atoms with Crippen molar-refractivity contribution in [2.75, 3.05) is 17.2 Å². The largest absolute Gasteiger partial charge is 0.494 e. The molecule has 0 saturated heterocycles. The van der Waals surface area contributed by atoms with Gasteiger partial charge in [-0.3, -0.25) is 4.79 Å². The van der Waals surface area contributed by atoms with Gasteiger partial charge in [0.15, 0.2) is 0 Å². The van der Waals surface area contributed by atoms with Crippen molar-refractivity contribution in [1.29, 1.82) is 0 Å². The molecule has 3 rings (SSSR count). The minimum absolute atomic E-state index is 0.0976. The first kappa shape index (κ1) is 20.1. The maximum Gasteiger partial charge on any atom is 0.275 e. The molecule has 0 aliphatic carbocycles. The number of aromatic nitrogens is 2. The smallest absolute Gasteiger partial charge is 0.275 e. The van der Waals surface area contributed by atoms with E-state index in [9.17, 15) is 4.79 Å². The average molecular weight is 392 g/mol. The van der Waals surface area contributed by atoms with Gasteiger partial charge in [-0.25, -0.2) is 9.97 Å². The summed E-state index contributed by atoms with van der Waals surface area (Å²) in [5.41, 5.74) is 1.73. The van der Waals surface area contributed by atoms with Crippen molar-refractivity contribution >= 4 is 23.1 Å². The highest BCUT2D eigenvalue weighted by molar-refractivity contribution is 6.02. The fraction of sp³-hybridized carbons (Fsp3) is 0.227. The van der Waals surface area contributed by atoms with Crippen LogP contribution in [0.15, 0.2) is 60.9 Å². The van der Waals surface area contributed by atoms with Gasteiger partial charge >= 0.3 is 0 Å². The Labute approximate surface area is 170 Å². The number of nitrogens with zero attached hydrogens (tertiary/aromatic N) is 2. The maximum atomic E-state index is 12.4. The molecule has 0 unspecified atom stereocenters. The van der Waals surface area contributed by atoms with E-state index in [0.29, 0.717) is 18.1 Å². The van der Waals surface area contributed by atoms with Gasteiger partial charge in [0.05, 0.1) is 25.1 Å². The molecule has 1 aromatic heterocycles. The molecule has 0 fully saturated rings. The Kier molecular flexibility index (Phi) is 6.63. The van der Waals surface area contributed by atoms with Gasteiger partial charge < -0.3 is 20.1 Å². The van der Waals surface area contributed by atoms with Crippen LogP contribution in [0.25, 0.3) is 0 Å². The highest BCUT2D eigenvalue weighted by atomic mass is 16.5. The third-order valence-electron chi connectivity index (χ3n) is 3.81. The molecule has 1 heterocycles. The van der Waals surface area contributed by atoms with E-state index >= 15 is 0 Å². The fourth-order valence-electron chi connectivity index (χ4n) is 2.54. The lowest BCUT2D eigenvalue weighted by molar-refractivity contribution is 0.102. The van der Waals surface area contributed by atoms with Crippen LogP contribution in [0.2, 0.25) is 0 Å². The second-order valence-corrected chi connectivity index (χ2v) is 6.51. The molecule has 0 spiro atoms. The average Bonchev–Trinajstić information content (AvgIpc) is 2.71. The van der Waals surface area contributed by atoms with Crippen LogP contribution in [0.5, 0.6) is 11.5 Å². The Morgan fingerprint density at radius 3 is 2.17 bits per heavy atom. The monoisotopic (exact) mass is 392 g/mol. The van der Waals surface area contributed by atoms with E-state index in [4.69, 9.17) is 9.47 Å². The van der Waals surface area contributed by atoms with Crippen molar-refractivity contribution in [3.8, 4) is 11.5 Å². The zero-order valence-corrected chi connectivity index (χ0v) is 16.7. The minimum atomic E-state index is -0.331. The summed E-state index contributed by atoms with van der Waals surface area (Å²) in [6.45, 7) is 6.49. The highest BCUT2D eigenvalue weighted by Gasteiger charge is 2.09. The molecule has 1 amide bonds. The second kappa shape index (κ2) is 9.54. The summed E-state index contributed by atoms with van der Waals surface area (Å²) in [5, 5.41) is 5.93. The molecule has 2 N–H and O–H groups in total. The van der Waals surface area contributed by atoms with Crippen LogP contribution in [0, 0.1) is 0 Å². The van der Waals surface area contributed by atoms with E-state index in [2.05, 4.69) is 20.6 Å². The first-order valence-corrected chi connectivity index (χ1v) is 9.43. The van der Waals surface area contributed by atoms with Crippen LogP contribution in [-0.4, -0.2) is 28.6 Å². The summed E-state index contributed by atoms with van der Waals surface area (Å²) in [7, 11) is 0. The van der Waals surface area contributed by atoms with Crippen LogP contribution >= 0.6 is 0 Å². The van der Waals surface area contributed by atoms with Crippen LogP contribution in [0.4, 0.5) is 17.2 Å². The lowest BCUT2D eigenvalue weighted by Gasteiger charge is -2.10. The Morgan fingerprint density at radius 2 is 1.59 bits per heavy atom. The van der Waals surface area contributed by atoms with E-state index in [1.54, 1.807) is 12.1 Å². The molecular weight excluding hydrogens is 368 g/mol. The third kappa shape index (κ3) is 5.93. The quantitative estimate of drug-likeness (QED) is 0.580. The minimum Gasteiger partial charge on any atom is -0.494 e. The number of amides is 1. The van der Waals surface area contributed by atoms with Gasteiger partial charge in [-0.15, -0.1) is 0 Å². The van der Waals surface area contributed by atoms with E-state index in [-0.39, 0.29) is 17.7 Å². The third-order valence-corrected chi connectivity index (χ3v) is 3.81. The summed E-state index contributed by atoms with van der Waals surface area (Å²) in [6.07, 6.45) is 3.05. The molecule has 7 nitrogen and oxygen atoms in total. The predicted octanol–water partition coefficient (Wildman–Crippen LogP) is 4.66. The van der Waals surface area contributed by atoms with Crippen LogP contribution in [-0.2, 0) is 0 Å². The van der Waals surface area contributed by atoms with Gasteiger partial charge in [-0.2, -0.15) is 0 Å². The van der Waals surface area contributed by atoms with Crippen molar-refractivity contribution in [3.63, 3.8) is 0 Å². The standard InChI is InChI=1S/C22H24N4O3/c1-4-28-18-9-5-16(6-10-18)25-21-14-23-20(13-24-21)22(27)26-17-7-11-19(12-8-17)29-15(2)3/h5-15H,4H2,1-3H3,(H,24,25)(H,26,27). The number of anilines is 3. The van der Waals surface area contributed by atoms with Crippen LogP contribution in [0.1, 0.15) is 31.3 Å². The number of hydrogen-bond acceptors (Lipinski definition) is 6. The van der Waals surface area contributed by atoms with Gasteiger partial charge in [0, 0.05) is 11.4 Å². The number of ether oxygens (including phenoxy) is 2. The van der Waals surface area contributed by atoms with Gasteiger partial charge in [0.25, 0.3) is 5.91 Å². The van der Waals surface area contributed by atoms with Crippen molar-refractivity contribution in [2.45, 2.75) is 26.9 Å². The second-order valence-electron chi connectivity index (χ2n) is 6.51. The molecular formula is C22H24N4O3. The molecule has 0 bridgehead atoms. The maximum absolute atomic E-state index is 12.4. The zero-order valence-electron chi connectivity index (χ0n) is 16.7. The fourth-order valence-corrected chi connectivity index (χ4v) is 2.54. The van der Waals surface area contributed by atoms with Gasteiger partial charge in [-0.1, -0.05) is 0 Å². The Bertz CT molecular complexity index is 924. The number of carbonyl (C=O) groups excluding carboxylic acids is 1. The van der Waals surface area contributed by atoms with Crippen LogP contribution < -0.4 is 20.1 Å². The summed E-state index contributed by atoms with van der Waals surface area (Å²) < 4.78 is 11.0. The highest BCUT2D eigenvalue weighted by Crippen LogP contribution is 2.19. The lowest BCUT2D eigenvalue weighted by Crippen LogP contribution is -2.14. The van der Waals surface area contributed by atoms with E-state index in [1.807, 2.05) is 57.2 Å². The van der Waals surface area contributed by atoms with Gasteiger partial charge in [0.2, 0.25) is 0 Å². The summed E-state index contributed by atoms with van der Waals surface area (Å²) >= 11 is 0. The van der Waals surface area contributed by atoms with Crippen molar-refractivity contribution < 1.29 is 14.3 Å². The number of carbonyl (C=O) groups is 1. The Balaban J connectivity index is 1.58.